The predicted octanol–water partition coefficient (Wildman–Crippen LogP) is 2.95. The average Bonchev–Trinajstić information content (AvgIpc) is 2.48. The number of nitrogens with zero attached hydrogens (tertiary/aromatic N) is 2. The number of halogens is 1. The van der Waals surface area contributed by atoms with Gasteiger partial charge in [0.1, 0.15) is 0 Å². The molecule has 0 bridgehead atoms. The van der Waals surface area contributed by atoms with Gasteiger partial charge in [-0.15, -0.1) is 0 Å². The molecule has 0 saturated carbocycles. The third-order valence-corrected chi connectivity index (χ3v) is 3.91. The second-order valence-electron chi connectivity index (χ2n) is 5.53. The summed E-state index contributed by atoms with van der Waals surface area (Å²) < 4.78 is 14.2. The van der Waals surface area contributed by atoms with Gasteiger partial charge < -0.3 is 10.2 Å². The molecular formula is C15H22FN3O2. The van der Waals surface area contributed by atoms with Gasteiger partial charge in [-0.25, -0.2) is 4.39 Å². The summed E-state index contributed by atoms with van der Waals surface area (Å²) in [4.78, 5) is 12.2. The van der Waals surface area contributed by atoms with Crippen molar-refractivity contribution in [2.45, 2.75) is 26.2 Å². The van der Waals surface area contributed by atoms with Gasteiger partial charge in [-0.3, -0.25) is 10.1 Å². The maximum Gasteiger partial charge on any atom is 0.272 e. The van der Waals surface area contributed by atoms with Crippen molar-refractivity contribution in [3.05, 3.63) is 34.1 Å². The number of benzene rings is 1. The summed E-state index contributed by atoms with van der Waals surface area (Å²) in [6, 6.07) is 3.92. The number of hydrogen-bond donors (Lipinski definition) is 1. The molecule has 1 aromatic carbocycles. The fraction of sp³-hybridized carbons (Fsp3) is 0.600. The maximum atomic E-state index is 14.2. The summed E-state index contributed by atoms with van der Waals surface area (Å²) in [6.45, 7) is 5.64. The SMILES string of the molecule is CCCN(CC1CCNCC1)c1ccc([N+](=O)[O-])cc1F. The molecule has 6 heteroatoms. The third kappa shape index (κ3) is 4.14. The number of nitro benzene ring substituents is 1. The van der Waals surface area contributed by atoms with Crippen LogP contribution in [0.5, 0.6) is 0 Å². The van der Waals surface area contributed by atoms with E-state index in [-0.39, 0.29) is 5.69 Å². The van der Waals surface area contributed by atoms with Crippen LogP contribution in [0.4, 0.5) is 15.8 Å². The molecule has 1 heterocycles. The van der Waals surface area contributed by atoms with E-state index in [4.69, 9.17) is 0 Å². The smallest absolute Gasteiger partial charge is 0.272 e. The molecule has 0 amide bonds. The third-order valence-electron chi connectivity index (χ3n) is 3.91. The van der Waals surface area contributed by atoms with Crippen molar-refractivity contribution < 1.29 is 9.31 Å². The predicted molar refractivity (Wildman–Crippen MR) is 81.2 cm³/mol. The van der Waals surface area contributed by atoms with Crippen LogP contribution in [0.2, 0.25) is 0 Å². The molecule has 0 radical (unpaired) electrons. The number of nitro groups is 1. The van der Waals surface area contributed by atoms with E-state index in [2.05, 4.69) is 12.2 Å². The summed E-state index contributed by atoms with van der Waals surface area (Å²) in [5.74, 6) is 0.0407. The van der Waals surface area contributed by atoms with E-state index < -0.39 is 10.7 Å². The molecule has 0 aliphatic carbocycles. The van der Waals surface area contributed by atoms with Gasteiger partial charge in [0.05, 0.1) is 16.7 Å². The zero-order valence-corrected chi connectivity index (χ0v) is 12.3. The van der Waals surface area contributed by atoms with Crippen LogP contribution in [-0.2, 0) is 0 Å². The highest BCUT2D eigenvalue weighted by molar-refractivity contribution is 5.52. The van der Waals surface area contributed by atoms with Gasteiger partial charge >= 0.3 is 0 Å². The van der Waals surface area contributed by atoms with Crippen LogP contribution in [0.1, 0.15) is 26.2 Å². The zero-order valence-electron chi connectivity index (χ0n) is 12.3. The maximum absolute atomic E-state index is 14.2. The molecule has 2 rings (SSSR count). The van der Waals surface area contributed by atoms with E-state index in [1.165, 1.54) is 12.1 Å². The molecular weight excluding hydrogens is 273 g/mol. The lowest BCUT2D eigenvalue weighted by atomic mass is 9.97. The monoisotopic (exact) mass is 295 g/mol. The lowest BCUT2D eigenvalue weighted by Gasteiger charge is -2.31. The second kappa shape index (κ2) is 7.36. The van der Waals surface area contributed by atoms with Crippen molar-refractivity contribution in [1.82, 2.24) is 5.32 Å². The molecule has 1 saturated heterocycles. The van der Waals surface area contributed by atoms with E-state index in [0.29, 0.717) is 11.6 Å². The second-order valence-corrected chi connectivity index (χ2v) is 5.53. The van der Waals surface area contributed by atoms with Crippen molar-refractivity contribution in [1.29, 1.82) is 0 Å². The Bertz CT molecular complexity index is 490. The van der Waals surface area contributed by atoms with Crippen LogP contribution in [0.3, 0.4) is 0 Å². The summed E-state index contributed by atoms with van der Waals surface area (Å²) in [5, 5.41) is 14.0. The van der Waals surface area contributed by atoms with Crippen molar-refractivity contribution in [2.24, 2.45) is 5.92 Å². The minimum Gasteiger partial charge on any atom is -0.369 e. The van der Waals surface area contributed by atoms with E-state index in [9.17, 15) is 14.5 Å². The number of nitrogens with one attached hydrogen (secondary N) is 1. The molecule has 5 nitrogen and oxygen atoms in total. The van der Waals surface area contributed by atoms with Gasteiger partial charge in [-0.2, -0.15) is 0 Å². The standard InChI is InChI=1S/C15H22FN3O2/c1-2-9-18(11-12-5-7-17-8-6-12)15-4-3-13(19(20)21)10-14(15)16/h3-4,10,12,17H,2,5-9,11H2,1H3. The quantitative estimate of drug-likeness (QED) is 0.647. The van der Waals surface area contributed by atoms with Crippen molar-refractivity contribution in [3.8, 4) is 0 Å². The molecule has 1 N–H and O–H groups in total. The minimum atomic E-state index is -0.566. The van der Waals surface area contributed by atoms with E-state index in [0.717, 1.165) is 51.5 Å². The van der Waals surface area contributed by atoms with Crippen LogP contribution in [-0.4, -0.2) is 31.1 Å². The number of hydrogen-bond acceptors (Lipinski definition) is 4. The van der Waals surface area contributed by atoms with E-state index in [1.54, 1.807) is 0 Å². The molecule has 1 fully saturated rings. The molecule has 0 unspecified atom stereocenters. The van der Waals surface area contributed by atoms with E-state index >= 15 is 0 Å². The topological polar surface area (TPSA) is 58.4 Å². The Morgan fingerprint density at radius 3 is 2.71 bits per heavy atom. The fourth-order valence-electron chi connectivity index (χ4n) is 2.82. The molecule has 1 aliphatic rings. The molecule has 0 spiro atoms. The van der Waals surface area contributed by atoms with Gasteiger partial charge in [-0.05, 0) is 44.3 Å². The Labute approximate surface area is 124 Å². The van der Waals surface area contributed by atoms with E-state index in [1.807, 2.05) is 4.90 Å². The number of piperidine rings is 1. The normalized spacial score (nSPS) is 15.9. The number of anilines is 1. The van der Waals surface area contributed by atoms with Gasteiger partial charge in [0, 0.05) is 19.2 Å². The van der Waals surface area contributed by atoms with Crippen LogP contribution < -0.4 is 10.2 Å². The lowest BCUT2D eigenvalue weighted by Crippen LogP contribution is -2.37. The molecule has 116 valence electrons. The largest absolute Gasteiger partial charge is 0.369 e. The highest BCUT2D eigenvalue weighted by atomic mass is 19.1. The van der Waals surface area contributed by atoms with Gasteiger partial charge in [0.25, 0.3) is 5.69 Å². The number of rotatable bonds is 6. The Kier molecular flexibility index (Phi) is 5.50. The highest BCUT2D eigenvalue weighted by Crippen LogP contribution is 2.26. The van der Waals surface area contributed by atoms with Gasteiger partial charge in [0.2, 0.25) is 0 Å². The van der Waals surface area contributed by atoms with Crippen LogP contribution in [0.15, 0.2) is 18.2 Å². The lowest BCUT2D eigenvalue weighted by molar-refractivity contribution is -0.385. The van der Waals surface area contributed by atoms with Crippen LogP contribution in [0, 0.1) is 21.8 Å². The first-order valence-corrected chi connectivity index (χ1v) is 7.51. The number of non-ortho nitro benzene ring substituents is 1. The van der Waals surface area contributed by atoms with Gasteiger partial charge in [-0.1, -0.05) is 6.92 Å². The Morgan fingerprint density at radius 1 is 1.43 bits per heavy atom. The average molecular weight is 295 g/mol. The van der Waals surface area contributed by atoms with Crippen LogP contribution in [0.25, 0.3) is 0 Å². The Hall–Kier alpha value is -1.69. The van der Waals surface area contributed by atoms with Crippen molar-refractivity contribution >= 4 is 11.4 Å². The minimum absolute atomic E-state index is 0.199. The molecule has 0 aromatic heterocycles. The summed E-state index contributed by atoms with van der Waals surface area (Å²) in [7, 11) is 0. The van der Waals surface area contributed by atoms with Crippen molar-refractivity contribution in [2.75, 3.05) is 31.1 Å². The van der Waals surface area contributed by atoms with Gasteiger partial charge in [0.15, 0.2) is 5.82 Å². The zero-order chi connectivity index (χ0) is 15.2. The summed E-state index contributed by atoms with van der Waals surface area (Å²) in [6.07, 6.45) is 3.10. The first kappa shape index (κ1) is 15.7. The molecule has 0 atom stereocenters. The first-order chi connectivity index (χ1) is 10.1. The first-order valence-electron chi connectivity index (χ1n) is 7.51. The highest BCUT2D eigenvalue weighted by Gasteiger charge is 2.20. The van der Waals surface area contributed by atoms with Crippen LogP contribution >= 0.6 is 0 Å². The summed E-state index contributed by atoms with van der Waals surface area (Å²) in [5.41, 5.74) is 0.274. The Morgan fingerprint density at radius 2 is 2.14 bits per heavy atom. The molecule has 1 aliphatic heterocycles. The Balaban J connectivity index is 2.14. The molecule has 1 aromatic rings. The molecule has 21 heavy (non-hydrogen) atoms. The summed E-state index contributed by atoms with van der Waals surface area (Å²) >= 11 is 0. The fourth-order valence-corrected chi connectivity index (χ4v) is 2.82. The van der Waals surface area contributed by atoms with Crippen molar-refractivity contribution in [3.63, 3.8) is 0 Å².